The number of nitrogens with zero attached hydrogens (tertiary/aromatic N) is 3. The first kappa shape index (κ1) is 25.4. The number of sulfonamides is 2. The molecule has 9 N–H and O–H groups in total. The topological polar surface area (TPSA) is 227 Å². The molecule has 4 aromatic rings. The predicted molar refractivity (Wildman–Crippen MR) is 136 cm³/mol. The largest absolute Gasteiger partial charge is 0.341 e. The summed E-state index contributed by atoms with van der Waals surface area (Å²) in [5.74, 6) is 0.561. The van der Waals surface area contributed by atoms with Crippen LogP contribution in [0, 0.1) is 0 Å². The average molecular weight is 547 g/mol. The van der Waals surface area contributed by atoms with Crippen molar-refractivity contribution in [3.63, 3.8) is 0 Å². The van der Waals surface area contributed by atoms with Crippen molar-refractivity contribution in [1.82, 2.24) is 40.5 Å². The molecular weight excluding hydrogens is 520 g/mol. The number of aromatic nitrogens is 5. The molecule has 0 unspecified atom stereocenters. The fraction of sp³-hybridized carbons (Fsp3) is 0.286. The number of benzene rings is 2. The number of piperazine rings is 1. The Morgan fingerprint density at radius 1 is 1.08 bits per heavy atom. The Morgan fingerprint density at radius 2 is 1.92 bits per heavy atom. The van der Waals surface area contributed by atoms with Crippen LogP contribution in [0.4, 0.5) is 0 Å². The maximum atomic E-state index is 13.4. The molecule has 2 aromatic heterocycles. The molecule has 0 saturated carbocycles. The summed E-state index contributed by atoms with van der Waals surface area (Å²) in [6.45, 7) is 2.23. The van der Waals surface area contributed by atoms with E-state index in [9.17, 15) is 16.8 Å². The monoisotopic (exact) mass is 546 g/mol. The van der Waals surface area contributed by atoms with Crippen LogP contribution < -0.4 is 26.2 Å². The molecule has 1 saturated heterocycles. The first-order valence-corrected chi connectivity index (χ1v) is 14.4. The first-order chi connectivity index (χ1) is 17.7. The Morgan fingerprint density at radius 3 is 2.59 bits per heavy atom. The molecule has 37 heavy (non-hydrogen) atoms. The number of para-hydroxylation sites is 1. The van der Waals surface area contributed by atoms with Gasteiger partial charge in [0.25, 0.3) is 0 Å². The molecule has 0 aliphatic carbocycles. The summed E-state index contributed by atoms with van der Waals surface area (Å²) in [7, 11) is -8.89. The summed E-state index contributed by atoms with van der Waals surface area (Å²) < 4.78 is 55.3. The minimum absolute atomic E-state index is 0.0285. The van der Waals surface area contributed by atoms with Crippen molar-refractivity contribution in [2.75, 3.05) is 26.2 Å². The lowest BCUT2D eigenvalue weighted by Gasteiger charge is -2.25. The van der Waals surface area contributed by atoms with E-state index in [-0.39, 0.29) is 30.5 Å². The van der Waals surface area contributed by atoms with Gasteiger partial charge in [0.2, 0.25) is 20.0 Å². The molecule has 196 valence electrons. The quantitative estimate of drug-likeness (QED) is 0.142. The second-order valence-electron chi connectivity index (χ2n) is 8.49. The standard InChI is InChI=1S/C21H26N10O4S2/c22-8-17-29-15-3-1-2-14(19(15)30-17)13-4-5-16(37(34,35)28-10-12-9-24-6-7-25-12)20(36(23,32)33)18(13)21-26-11-27-31-21/h1-5,11-12,24-25,28H,6-10,22H2,(H,29,30)(H2,23,32,33)(H,26,27,31)/t12-/m0/s1. The van der Waals surface area contributed by atoms with Gasteiger partial charge < -0.3 is 21.4 Å². The summed E-state index contributed by atoms with van der Waals surface area (Å²) in [5.41, 5.74) is 7.78. The van der Waals surface area contributed by atoms with E-state index in [0.717, 1.165) is 6.54 Å². The zero-order chi connectivity index (χ0) is 26.2. The van der Waals surface area contributed by atoms with Crippen LogP contribution in [0.3, 0.4) is 0 Å². The molecular formula is C21H26N10O4S2. The molecule has 0 amide bonds. The summed E-state index contributed by atoms with van der Waals surface area (Å²) in [6, 6.07) is 7.86. The molecule has 1 fully saturated rings. The minimum atomic E-state index is -4.58. The highest BCUT2D eigenvalue weighted by Gasteiger charge is 2.32. The lowest BCUT2D eigenvalue weighted by Crippen LogP contribution is -2.53. The highest BCUT2D eigenvalue weighted by molar-refractivity contribution is 7.92. The smallest absolute Gasteiger partial charge is 0.241 e. The van der Waals surface area contributed by atoms with Gasteiger partial charge in [0.15, 0.2) is 5.82 Å². The molecule has 0 bridgehead atoms. The third-order valence-corrected chi connectivity index (χ3v) is 8.63. The Bertz CT molecular complexity index is 1640. The van der Waals surface area contributed by atoms with Crippen LogP contribution >= 0.6 is 0 Å². The SMILES string of the molecule is NCc1nc2c(-c3ccc(S(=O)(=O)NC[C@@H]4CNCCN4)c(S(N)(=O)=O)c3-c3ncn[nH]3)cccc2[nH]1. The zero-order valence-corrected chi connectivity index (χ0v) is 21.2. The van der Waals surface area contributed by atoms with Crippen LogP contribution in [0.1, 0.15) is 5.82 Å². The van der Waals surface area contributed by atoms with E-state index in [1.165, 1.54) is 18.5 Å². The molecule has 16 heteroatoms. The van der Waals surface area contributed by atoms with Gasteiger partial charge in [-0.1, -0.05) is 18.2 Å². The van der Waals surface area contributed by atoms with E-state index < -0.39 is 29.8 Å². The summed E-state index contributed by atoms with van der Waals surface area (Å²) in [5, 5.41) is 18.5. The lowest BCUT2D eigenvalue weighted by molar-refractivity contribution is 0.414. The van der Waals surface area contributed by atoms with E-state index in [2.05, 4.69) is 40.5 Å². The van der Waals surface area contributed by atoms with Crippen molar-refractivity contribution in [2.45, 2.75) is 22.4 Å². The van der Waals surface area contributed by atoms with Gasteiger partial charge in [-0.05, 0) is 17.7 Å². The number of hydrogen-bond donors (Lipinski definition) is 7. The number of imidazole rings is 1. The molecule has 2 aromatic carbocycles. The van der Waals surface area contributed by atoms with Crippen molar-refractivity contribution < 1.29 is 16.8 Å². The summed E-state index contributed by atoms with van der Waals surface area (Å²) >= 11 is 0. The fourth-order valence-electron chi connectivity index (χ4n) is 4.39. The highest BCUT2D eigenvalue weighted by Crippen LogP contribution is 2.40. The Hall–Kier alpha value is -3.25. The second kappa shape index (κ2) is 9.90. The molecule has 1 atom stereocenters. The highest BCUT2D eigenvalue weighted by atomic mass is 32.2. The van der Waals surface area contributed by atoms with Crippen molar-refractivity contribution in [3.05, 3.63) is 42.5 Å². The zero-order valence-electron chi connectivity index (χ0n) is 19.5. The summed E-state index contributed by atoms with van der Waals surface area (Å²) in [6.07, 6.45) is 1.19. The van der Waals surface area contributed by atoms with Gasteiger partial charge in [0, 0.05) is 43.3 Å². The van der Waals surface area contributed by atoms with E-state index in [1.807, 2.05) is 0 Å². The van der Waals surface area contributed by atoms with Crippen molar-refractivity contribution in [2.24, 2.45) is 10.9 Å². The van der Waals surface area contributed by atoms with Gasteiger partial charge in [-0.25, -0.2) is 36.7 Å². The van der Waals surface area contributed by atoms with Crippen molar-refractivity contribution >= 4 is 31.1 Å². The number of aromatic amines is 2. The Balaban J connectivity index is 1.72. The number of nitrogens with one attached hydrogen (secondary N) is 5. The van der Waals surface area contributed by atoms with Crippen LogP contribution in [-0.2, 0) is 26.6 Å². The number of H-pyrrole nitrogens is 2. The number of primary sulfonamides is 1. The average Bonchev–Trinajstić information content (AvgIpc) is 3.56. The van der Waals surface area contributed by atoms with Gasteiger partial charge >= 0.3 is 0 Å². The number of fused-ring (bicyclic) bond motifs is 1. The second-order valence-corrected chi connectivity index (χ2v) is 11.7. The molecule has 0 radical (unpaired) electrons. The van der Waals surface area contributed by atoms with Crippen LogP contribution in [0.5, 0.6) is 0 Å². The molecule has 5 rings (SSSR count). The molecule has 0 spiro atoms. The van der Waals surface area contributed by atoms with E-state index in [0.29, 0.717) is 41.1 Å². The van der Waals surface area contributed by atoms with E-state index >= 15 is 0 Å². The van der Waals surface area contributed by atoms with Crippen LogP contribution in [-0.4, -0.2) is 74.2 Å². The van der Waals surface area contributed by atoms with E-state index in [1.54, 1.807) is 18.2 Å². The molecule has 1 aliphatic heterocycles. The van der Waals surface area contributed by atoms with Gasteiger partial charge in [0.05, 0.1) is 17.6 Å². The summed E-state index contributed by atoms with van der Waals surface area (Å²) in [4.78, 5) is 10.7. The Labute approximate surface area is 212 Å². The fourth-order valence-corrected chi connectivity index (χ4v) is 7.07. The molecule has 1 aliphatic rings. The number of rotatable bonds is 8. The maximum absolute atomic E-state index is 13.4. The minimum Gasteiger partial charge on any atom is -0.341 e. The predicted octanol–water partition coefficient (Wildman–Crippen LogP) is -1.04. The Kier molecular flexibility index (Phi) is 6.80. The molecule has 3 heterocycles. The third kappa shape index (κ3) is 4.99. The van der Waals surface area contributed by atoms with E-state index in [4.69, 9.17) is 10.9 Å². The van der Waals surface area contributed by atoms with Gasteiger partial charge in [-0.15, -0.1) is 0 Å². The van der Waals surface area contributed by atoms with Gasteiger partial charge in [0.1, 0.15) is 21.9 Å². The third-order valence-electron chi connectivity index (χ3n) is 6.04. The van der Waals surface area contributed by atoms with Crippen molar-refractivity contribution in [3.8, 4) is 22.5 Å². The lowest BCUT2D eigenvalue weighted by atomic mass is 9.98. The number of hydrogen-bond acceptors (Lipinski definition) is 10. The normalized spacial score (nSPS) is 16.9. The van der Waals surface area contributed by atoms with Gasteiger partial charge in [-0.2, -0.15) is 5.10 Å². The first-order valence-electron chi connectivity index (χ1n) is 11.4. The number of nitrogens with two attached hydrogens (primary N) is 2. The van der Waals surface area contributed by atoms with Crippen molar-refractivity contribution in [1.29, 1.82) is 0 Å². The maximum Gasteiger partial charge on any atom is 0.241 e. The molecule has 14 nitrogen and oxygen atoms in total. The van der Waals surface area contributed by atoms with Crippen LogP contribution in [0.15, 0.2) is 46.5 Å². The van der Waals surface area contributed by atoms with Crippen LogP contribution in [0.25, 0.3) is 33.5 Å². The van der Waals surface area contributed by atoms with Crippen LogP contribution in [0.2, 0.25) is 0 Å². The van der Waals surface area contributed by atoms with Gasteiger partial charge in [-0.3, -0.25) is 5.10 Å².